The molecule has 5 nitrogen and oxygen atoms in total. The van der Waals surface area contributed by atoms with Crippen molar-refractivity contribution in [3.8, 4) is 0 Å². The molecule has 1 heterocycles. The van der Waals surface area contributed by atoms with Gasteiger partial charge in [-0.05, 0) is 37.0 Å². The van der Waals surface area contributed by atoms with Crippen molar-refractivity contribution in [1.29, 1.82) is 0 Å². The molecular weight excluding hydrogens is 270 g/mol. The highest BCUT2D eigenvalue weighted by molar-refractivity contribution is 5.85. The lowest BCUT2D eigenvalue weighted by Crippen LogP contribution is -2.45. The molecule has 5 heteroatoms. The minimum absolute atomic E-state index is 0.230. The van der Waals surface area contributed by atoms with E-state index in [-0.39, 0.29) is 11.8 Å². The van der Waals surface area contributed by atoms with E-state index in [2.05, 4.69) is 5.32 Å². The summed E-state index contributed by atoms with van der Waals surface area (Å²) in [6.07, 6.45) is 0.953. The number of carbonyl (C=O) groups is 2. The average Bonchev–Trinajstić information content (AvgIpc) is 2.95. The summed E-state index contributed by atoms with van der Waals surface area (Å²) in [6, 6.07) is 4.94. The number of rotatable bonds is 5. The van der Waals surface area contributed by atoms with Crippen LogP contribution in [0.4, 0.5) is 0 Å². The summed E-state index contributed by atoms with van der Waals surface area (Å²) in [5, 5.41) is 12.0. The van der Waals surface area contributed by atoms with Gasteiger partial charge in [-0.25, -0.2) is 4.79 Å². The second-order valence-corrected chi connectivity index (χ2v) is 5.53. The molecule has 0 unspecified atom stereocenters. The minimum Gasteiger partial charge on any atom is -0.480 e. The molecule has 1 fully saturated rings. The fourth-order valence-corrected chi connectivity index (χ4v) is 2.61. The van der Waals surface area contributed by atoms with Gasteiger partial charge in [-0.15, -0.1) is 0 Å². The fraction of sp³-hybridized carbons (Fsp3) is 0.500. The molecule has 0 aromatic heterocycles. The summed E-state index contributed by atoms with van der Waals surface area (Å²) >= 11 is 0. The molecule has 1 aromatic carbocycles. The third-order valence-corrected chi connectivity index (χ3v) is 3.97. The lowest BCUT2D eigenvalue weighted by Gasteiger charge is -2.19. The van der Waals surface area contributed by atoms with Crippen LogP contribution in [-0.4, -0.2) is 36.2 Å². The number of nitrogens with one attached hydrogen (secondary N) is 1. The molecule has 0 bridgehead atoms. The van der Waals surface area contributed by atoms with Crippen LogP contribution in [-0.2, 0) is 20.7 Å². The maximum Gasteiger partial charge on any atom is 0.326 e. The molecular formula is C16H21NO4. The van der Waals surface area contributed by atoms with Crippen LogP contribution in [0.15, 0.2) is 18.2 Å². The molecule has 0 radical (unpaired) electrons. The number of hydrogen-bond donors (Lipinski definition) is 2. The van der Waals surface area contributed by atoms with Crippen LogP contribution < -0.4 is 5.32 Å². The van der Waals surface area contributed by atoms with Crippen molar-refractivity contribution in [1.82, 2.24) is 5.32 Å². The topological polar surface area (TPSA) is 75.6 Å². The van der Waals surface area contributed by atoms with Gasteiger partial charge in [0.05, 0.1) is 12.5 Å². The van der Waals surface area contributed by atoms with Crippen molar-refractivity contribution in [2.75, 3.05) is 13.2 Å². The van der Waals surface area contributed by atoms with Crippen LogP contribution in [0.5, 0.6) is 0 Å². The van der Waals surface area contributed by atoms with Gasteiger partial charge in [0, 0.05) is 13.0 Å². The second-order valence-electron chi connectivity index (χ2n) is 5.53. The van der Waals surface area contributed by atoms with Crippen LogP contribution in [0.1, 0.15) is 23.1 Å². The molecule has 21 heavy (non-hydrogen) atoms. The van der Waals surface area contributed by atoms with Gasteiger partial charge in [-0.1, -0.05) is 18.2 Å². The van der Waals surface area contributed by atoms with E-state index < -0.39 is 12.0 Å². The first-order valence-electron chi connectivity index (χ1n) is 7.15. The lowest BCUT2D eigenvalue weighted by atomic mass is 9.96. The van der Waals surface area contributed by atoms with E-state index in [0.717, 1.165) is 16.7 Å². The Bertz CT molecular complexity index is 515. The first-order valence-corrected chi connectivity index (χ1v) is 7.15. The summed E-state index contributed by atoms with van der Waals surface area (Å²) in [7, 11) is 0. The van der Waals surface area contributed by atoms with E-state index in [0.29, 0.717) is 26.1 Å². The predicted octanol–water partition coefficient (Wildman–Crippen LogP) is 1.45. The van der Waals surface area contributed by atoms with Gasteiger partial charge in [0.1, 0.15) is 6.04 Å². The molecule has 1 aliphatic rings. The molecule has 114 valence electrons. The van der Waals surface area contributed by atoms with Gasteiger partial charge >= 0.3 is 5.97 Å². The Hall–Kier alpha value is -1.88. The number of carboxylic acid groups (broad SMARTS) is 1. The highest BCUT2D eigenvalue weighted by atomic mass is 16.5. The van der Waals surface area contributed by atoms with Crippen molar-refractivity contribution in [2.45, 2.75) is 32.7 Å². The summed E-state index contributed by atoms with van der Waals surface area (Å²) < 4.78 is 5.17. The van der Waals surface area contributed by atoms with Crippen LogP contribution >= 0.6 is 0 Å². The number of hydrogen-bond acceptors (Lipinski definition) is 3. The van der Waals surface area contributed by atoms with Gasteiger partial charge < -0.3 is 15.2 Å². The Kier molecular flexibility index (Phi) is 4.96. The highest BCUT2D eigenvalue weighted by Crippen LogP contribution is 2.17. The highest BCUT2D eigenvalue weighted by Gasteiger charge is 2.28. The molecule has 1 aliphatic heterocycles. The first-order chi connectivity index (χ1) is 9.99. The third kappa shape index (κ3) is 3.82. The molecule has 2 rings (SSSR count). The Morgan fingerprint density at radius 3 is 2.57 bits per heavy atom. The van der Waals surface area contributed by atoms with Gasteiger partial charge in [-0.3, -0.25) is 4.79 Å². The summed E-state index contributed by atoms with van der Waals surface area (Å²) in [4.78, 5) is 23.5. The van der Waals surface area contributed by atoms with Crippen molar-refractivity contribution >= 4 is 11.9 Å². The first kappa shape index (κ1) is 15.5. The van der Waals surface area contributed by atoms with Crippen LogP contribution in [0.25, 0.3) is 0 Å². The number of amides is 1. The summed E-state index contributed by atoms with van der Waals surface area (Å²) in [5.74, 6) is -1.47. The molecule has 2 N–H and O–H groups in total. The van der Waals surface area contributed by atoms with Crippen molar-refractivity contribution in [3.05, 3.63) is 34.9 Å². The summed E-state index contributed by atoms with van der Waals surface area (Å²) in [5.41, 5.74) is 3.06. The normalized spacial score (nSPS) is 19.2. The predicted molar refractivity (Wildman–Crippen MR) is 78.1 cm³/mol. The lowest BCUT2D eigenvalue weighted by molar-refractivity contribution is -0.142. The van der Waals surface area contributed by atoms with E-state index in [9.17, 15) is 14.7 Å². The number of carbonyl (C=O) groups excluding carboxylic acids is 1. The number of benzene rings is 1. The summed E-state index contributed by atoms with van der Waals surface area (Å²) in [6.45, 7) is 4.84. The number of ether oxygens (including phenoxy) is 1. The second kappa shape index (κ2) is 6.72. The molecule has 0 aliphatic carbocycles. The maximum atomic E-state index is 12.1. The Balaban J connectivity index is 2.09. The van der Waals surface area contributed by atoms with Crippen molar-refractivity contribution in [3.63, 3.8) is 0 Å². The average molecular weight is 291 g/mol. The molecule has 0 spiro atoms. The zero-order valence-corrected chi connectivity index (χ0v) is 12.4. The number of aryl methyl sites for hydroxylation is 2. The Labute approximate surface area is 124 Å². The van der Waals surface area contributed by atoms with Crippen molar-refractivity contribution in [2.24, 2.45) is 5.92 Å². The number of aliphatic carboxylic acids is 1. The van der Waals surface area contributed by atoms with E-state index in [1.54, 1.807) is 0 Å². The zero-order chi connectivity index (χ0) is 15.4. The van der Waals surface area contributed by atoms with E-state index in [4.69, 9.17) is 4.74 Å². The monoisotopic (exact) mass is 291 g/mol. The maximum absolute atomic E-state index is 12.1. The van der Waals surface area contributed by atoms with Crippen LogP contribution in [0, 0.1) is 19.8 Å². The van der Waals surface area contributed by atoms with Gasteiger partial charge in [0.15, 0.2) is 0 Å². The molecule has 1 saturated heterocycles. The number of carboxylic acids is 1. The smallest absolute Gasteiger partial charge is 0.326 e. The Morgan fingerprint density at radius 2 is 2.05 bits per heavy atom. The SMILES string of the molecule is Cc1cccc(C)c1C[C@@H](NC(=O)[C@H]1CCOC1)C(=O)O. The quantitative estimate of drug-likeness (QED) is 0.861. The molecule has 0 saturated carbocycles. The zero-order valence-electron chi connectivity index (χ0n) is 12.4. The molecule has 2 atom stereocenters. The van der Waals surface area contributed by atoms with Gasteiger partial charge in [0.25, 0.3) is 0 Å². The van der Waals surface area contributed by atoms with E-state index in [1.807, 2.05) is 32.0 Å². The van der Waals surface area contributed by atoms with Crippen molar-refractivity contribution < 1.29 is 19.4 Å². The fourth-order valence-electron chi connectivity index (χ4n) is 2.61. The molecule has 1 aromatic rings. The van der Waals surface area contributed by atoms with Gasteiger partial charge in [-0.2, -0.15) is 0 Å². The largest absolute Gasteiger partial charge is 0.480 e. The third-order valence-electron chi connectivity index (χ3n) is 3.97. The van der Waals surface area contributed by atoms with Crippen LogP contribution in [0.2, 0.25) is 0 Å². The van der Waals surface area contributed by atoms with Crippen LogP contribution in [0.3, 0.4) is 0 Å². The van der Waals surface area contributed by atoms with Gasteiger partial charge in [0.2, 0.25) is 5.91 Å². The Morgan fingerprint density at radius 1 is 1.38 bits per heavy atom. The van der Waals surface area contributed by atoms with E-state index in [1.165, 1.54) is 0 Å². The molecule has 1 amide bonds. The minimum atomic E-state index is -1.01. The standard InChI is InChI=1S/C16H21NO4/c1-10-4-3-5-11(2)13(10)8-14(16(19)20)17-15(18)12-6-7-21-9-12/h3-5,12,14H,6-9H2,1-2H3,(H,17,18)(H,19,20)/t12-,14+/m0/s1. The van der Waals surface area contributed by atoms with E-state index >= 15 is 0 Å².